The molecule has 33 heavy (non-hydrogen) atoms. The van der Waals surface area contributed by atoms with Gasteiger partial charge in [0.1, 0.15) is 11.3 Å². The summed E-state index contributed by atoms with van der Waals surface area (Å²) in [5.74, 6) is 0.231. The van der Waals surface area contributed by atoms with E-state index in [1.165, 1.54) is 0 Å². The fourth-order valence-electron chi connectivity index (χ4n) is 4.46. The van der Waals surface area contributed by atoms with Crippen LogP contribution in [0.5, 0.6) is 0 Å². The number of rotatable bonds is 6. The van der Waals surface area contributed by atoms with Crippen molar-refractivity contribution >= 4 is 33.9 Å². The van der Waals surface area contributed by atoms with Crippen LogP contribution in [0.4, 0.5) is 17.1 Å². The molecule has 0 bridgehead atoms. The number of nitrogens with one attached hydrogen (secondary N) is 1. The number of para-hydroxylation sites is 1. The Morgan fingerprint density at radius 3 is 2.67 bits per heavy atom. The highest BCUT2D eigenvalue weighted by Crippen LogP contribution is 2.31. The van der Waals surface area contributed by atoms with Crippen molar-refractivity contribution in [3.8, 4) is 0 Å². The Hall–Kier alpha value is -3.59. The summed E-state index contributed by atoms with van der Waals surface area (Å²) in [7, 11) is 0. The predicted molar refractivity (Wildman–Crippen MR) is 125 cm³/mol. The molecule has 172 valence electrons. The highest BCUT2D eigenvalue weighted by molar-refractivity contribution is 5.96. The molecule has 5 rings (SSSR count). The SMILES string of the molecule is O=C(c1cc2ccccc2o1)N1CCN(c2ccc([N+](=O)[O-])c(NCC3CCCO3)c2)CC1. The van der Waals surface area contributed by atoms with Crippen LogP contribution in [0.1, 0.15) is 23.4 Å². The first-order valence-electron chi connectivity index (χ1n) is 11.3. The Morgan fingerprint density at radius 1 is 1.12 bits per heavy atom. The molecule has 0 radical (unpaired) electrons. The van der Waals surface area contributed by atoms with Crippen molar-refractivity contribution in [3.63, 3.8) is 0 Å². The second-order valence-electron chi connectivity index (χ2n) is 8.40. The number of anilines is 2. The molecule has 1 aromatic heterocycles. The Balaban J connectivity index is 1.25. The van der Waals surface area contributed by atoms with E-state index >= 15 is 0 Å². The van der Waals surface area contributed by atoms with Crippen molar-refractivity contribution in [2.24, 2.45) is 0 Å². The lowest BCUT2D eigenvalue weighted by Crippen LogP contribution is -2.48. The number of hydrogen-bond donors (Lipinski definition) is 1. The number of amides is 1. The number of hydrogen-bond acceptors (Lipinski definition) is 7. The molecular formula is C24H26N4O5. The van der Waals surface area contributed by atoms with E-state index < -0.39 is 0 Å². The van der Waals surface area contributed by atoms with E-state index in [4.69, 9.17) is 9.15 Å². The van der Waals surface area contributed by atoms with Gasteiger partial charge in [-0.1, -0.05) is 18.2 Å². The summed E-state index contributed by atoms with van der Waals surface area (Å²) in [4.78, 5) is 28.0. The van der Waals surface area contributed by atoms with Gasteiger partial charge in [-0.2, -0.15) is 0 Å². The van der Waals surface area contributed by atoms with Crippen molar-refractivity contribution < 1.29 is 18.9 Å². The van der Waals surface area contributed by atoms with E-state index in [0.29, 0.717) is 49.8 Å². The summed E-state index contributed by atoms with van der Waals surface area (Å²) in [5, 5.41) is 15.6. The fourth-order valence-corrected chi connectivity index (χ4v) is 4.46. The van der Waals surface area contributed by atoms with Gasteiger partial charge in [-0.25, -0.2) is 0 Å². The number of carbonyl (C=O) groups is 1. The van der Waals surface area contributed by atoms with Gasteiger partial charge in [-0.15, -0.1) is 0 Å². The molecule has 0 aliphatic carbocycles. The van der Waals surface area contributed by atoms with Crippen LogP contribution in [0.25, 0.3) is 11.0 Å². The zero-order valence-electron chi connectivity index (χ0n) is 18.2. The van der Waals surface area contributed by atoms with E-state index in [1.807, 2.05) is 30.3 Å². The third kappa shape index (κ3) is 4.49. The predicted octanol–water partition coefficient (Wildman–Crippen LogP) is 3.89. The zero-order valence-corrected chi connectivity index (χ0v) is 18.2. The Labute approximate surface area is 191 Å². The second kappa shape index (κ2) is 9.11. The first kappa shape index (κ1) is 21.3. The van der Waals surface area contributed by atoms with Gasteiger partial charge in [0.05, 0.1) is 11.0 Å². The lowest BCUT2D eigenvalue weighted by molar-refractivity contribution is -0.383. The minimum absolute atomic E-state index is 0.0513. The van der Waals surface area contributed by atoms with Crippen LogP contribution in [0.3, 0.4) is 0 Å². The number of nitro benzene ring substituents is 1. The molecule has 1 atom stereocenters. The van der Waals surface area contributed by atoms with Crippen LogP contribution in [0, 0.1) is 10.1 Å². The van der Waals surface area contributed by atoms with Crippen LogP contribution >= 0.6 is 0 Å². The molecule has 1 amide bonds. The Morgan fingerprint density at radius 2 is 1.94 bits per heavy atom. The van der Waals surface area contributed by atoms with Crippen molar-refractivity contribution in [1.29, 1.82) is 0 Å². The molecular weight excluding hydrogens is 424 g/mol. The Kier molecular flexibility index (Phi) is 5.87. The molecule has 9 heteroatoms. The maximum absolute atomic E-state index is 12.9. The molecule has 1 unspecified atom stereocenters. The maximum Gasteiger partial charge on any atom is 0.292 e. The van der Waals surface area contributed by atoms with E-state index in [1.54, 1.807) is 23.1 Å². The minimum atomic E-state index is -0.369. The van der Waals surface area contributed by atoms with Gasteiger partial charge >= 0.3 is 0 Å². The quantitative estimate of drug-likeness (QED) is 0.449. The minimum Gasteiger partial charge on any atom is -0.451 e. The molecule has 0 spiro atoms. The molecule has 2 aliphatic rings. The average molecular weight is 450 g/mol. The smallest absolute Gasteiger partial charge is 0.292 e. The molecule has 2 saturated heterocycles. The third-order valence-corrected chi connectivity index (χ3v) is 6.29. The molecule has 2 fully saturated rings. The van der Waals surface area contributed by atoms with Gasteiger partial charge < -0.3 is 24.3 Å². The third-order valence-electron chi connectivity index (χ3n) is 6.29. The molecule has 9 nitrogen and oxygen atoms in total. The van der Waals surface area contributed by atoms with Crippen LogP contribution in [0.2, 0.25) is 0 Å². The van der Waals surface area contributed by atoms with Crippen LogP contribution in [0.15, 0.2) is 52.9 Å². The van der Waals surface area contributed by atoms with Crippen molar-refractivity contribution in [3.05, 3.63) is 64.4 Å². The summed E-state index contributed by atoms with van der Waals surface area (Å²) in [6.07, 6.45) is 2.06. The number of nitro groups is 1. The molecule has 2 aromatic carbocycles. The first-order valence-corrected chi connectivity index (χ1v) is 11.3. The highest BCUT2D eigenvalue weighted by atomic mass is 16.6. The topological polar surface area (TPSA) is 101 Å². The van der Waals surface area contributed by atoms with Gasteiger partial charge in [0.15, 0.2) is 5.76 Å². The number of ether oxygens (including phenoxy) is 1. The second-order valence-corrected chi connectivity index (χ2v) is 8.40. The summed E-state index contributed by atoms with van der Waals surface area (Å²) < 4.78 is 11.4. The fraction of sp³-hybridized carbons (Fsp3) is 0.375. The first-order chi connectivity index (χ1) is 16.1. The van der Waals surface area contributed by atoms with E-state index in [0.717, 1.165) is 30.5 Å². The van der Waals surface area contributed by atoms with Gasteiger partial charge in [-0.05, 0) is 37.1 Å². The molecule has 3 aromatic rings. The average Bonchev–Trinajstić information content (AvgIpc) is 3.52. The van der Waals surface area contributed by atoms with Gasteiger partial charge in [-0.3, -0.25) is 14.9 Å². The number of nitrogens with zero attached hydrogens (tertiary/aromatic N) is 3. The summed E-state index contributed by atoms with van der Waals surface area (Å²) in [6, 6.07) is 14.5. The van der Waals surface area contributed by atoms with E-state index in [9.17, 15) is 14.9 Å². The van der Waals surface area contributed by atoms with Crippen molar-refractivity contribution in [2.45, 2.75) is 18.9 Å². The number of piperazine rings is 1. The lowest BCUT2D eigenvalue weighted by Gasteiger charge is -2.35. The van der Waals surface area contributed by atoms with Crippen LogP contribution in [-0.4, -0.2) is 61.2 Å². The highest BCUT2D eigenvalue weighted by Gasteiger charge is 2.26. The normalized spacial score (nSPS) is 18.6. The van der Waals surface area contributed by atoms with Gasteiger partial charge in [0.2, 0.25) is 0 Å². The maximum atomic E-state index is 12.9. The van der Waals surface area contributed by atoms with Crippen molar-refractivity contribution in [1.82, 2.24) is 4.90 Å². The number of fused-ring (bicyclic) bond motifs is 1. The van der Waals surface area contributed by atoms with Gasteiger partial charge in [0, 0.05) is 56.5 Å². The molecule has 3 heterocycles. The summed E-state index contributed by atoms with van der Waals surface area (Å²) in [5.41, 5.74) is 2.14. The summed E-state index contributed by atoms with van der Waals surface area (Å²) in [6.45, 7) is 3.65. The largest absolute Gasteiger partial charge is 0.451 e. The lowest BCUT2D eigenvalue weighted by atomic mass is 10.2. The zero-order chi connectivity index (χ0) is 22.8. The molecule has 2 aliphatic heterocycles. The Bertz CT molecular complexity index is 1130. The molecule has 0 saturated carbocycles. The number of carbonyl (C=O) groups excluding carboxylic acids is 1. The van der Waals surface area contributed by atoms with Crippen molar-refractivity contribution in [2.75, 3.05) is 49.5 Å². The number of furan rings is 1. The standard InChI is InChI=1S/C24H26N4O5/c29-24(23-14-17-4-1-2-6-22(17)33-23)27-11-9-26(10-12-27)18-7-8-21(28(30)31)20(15-18)25-16-19-5-3-13-32-19/h1-2,4,6-8,14-15,19,25H,3,5,9-13,16H2. The summed E-state index contributed by atoms with van der Waals surface area (Å²) >= 11 is 0. The number of benzene rings is 2. The van der Waals surface area contributed by atoms with Gasteiger partial charge in [0.25, 0.3) is 11.6 Å². The van der Waals surface area contributed by atoms with E-state index in [2.05, 4.69) is 10.2 Å². The molecule has 1 N–H and O–H groups in total. The monoisotopic (exact) mass is 450 g/mol. The van der Waals surface area contributed by atoms with E-state index in [-0.39, 0.29) is 22.6 Å². The van der Waals surface area contributed by atoms with Crippen LogP contribution in [-0.2, 0) is 4.74 Å². The van der Waals surface area contributed by atoms with Crippen LogP contribution < -0.4 is 10.2 Å².